The number of alkyl halides is 6. The average Bonchev–Trinajstić information content (AvgIpc) is 2.46. The molecule has 0 fully saturated rings. The van der Waals surface area contributed by atoms with Crippen LogP contribution in [0, 0.1) is 0 Å². The number of ketones is 1. The largest absolute Gasteiger partial charge is 0.416 e. The van der Waals surface area contributed by atoms with Crippen molar-refractivity contribution in [3.8, 4) is 0 Å². The van der Waals surface area contributed by atoms with E-state index >= 15 is 0 Å². The Bertz CT molecular complexity index is 674. The summed E-state index contributed by atoms with van der Waals surface area (Å²) in [5.74, 6) is -0.849. The summed E-state index contributed by atoms with van der Waals surface area (Å²) in [6.45, 7) is -0.362. The molecule has 0 aliphatic heterocycles. The van der Waals surface area contributed by atoms with Crippen molar-refractivity contribution >= 4 is 5.78 Å². The molecule has 0 saturated carbocycles. The number of hydrogen-bond acceptors (Lipinski definition) is 1. The van der Waals surface area contributed by atoms with Gasteiger partial charge in [0.1, 0.15) is 0 Å². The summed E-state index contributed by atoms with van der Waals surface area (Å²) in [5, 5.41) is 0. The second kappa shape index (κ2) is 6.02. The Morgan fingerprint density at radius 2 is 1.30 bits per heavy atom. The van der Waals surface area contributed by atoms with Crippen LogP contribution in [0.2, 0.25) is 0 Å². The summed E-state index contributed by atoms with van der Waals surface area (Å²) in [7, 11) is 0. The van der Waals surface area contributed by atoms with Gasteiger partial charge < -0.3 is 0 Å². The highest BCUT2D eigenvalue weighted by Crippen LogP contribution is 2.36. The van der Waals surface area contributed by atoms with Crippen LogP contribution in [0.1, 0.15) is 21.5 Å². The highest BCUT2D eigenvalue weighted by molar-refractivity contribution is 5.95. The van der Waals surface area contributed by atoms with Crippen molar-refractivity contribution in [3.63, 3.8) is 0 Å². The van der Waals surface area contributed by atoms with E-state index in [0.717, 1.165) is 0 Å². The molecular weight excluding hydrogens is 324 g/mol. The molecule has 1 heterocycles. The van der Waals surface area contributed by atoms with Gasteiger partial charge in [-0.1, -0.05) is 6.07 Å². The Kier molecular flexibility index (Phi) is 4.44. The van der Waals surface area contributed by atoms with E-state index < -0.39 is 34.8 Å². The maximum Gasteiger partial charge on any atom is 0.416 e. The quantitative estimate of drug-likeness (QED) is 0.474. The van der Waals surface area contributed by atoms with Gasteiger partial charge in [0.25, 0.3) is 0 Å². The lowest BCUT2D eigenvalue weighted by Crippen LogP contribution is -2.37. The lowest BCUT2D eigenvalue weighted by molar-refractivity contribution is -0.683. The van der Waals surface area contributed by atoms with Crippen molar-refractivity contribution in [2.75, 3.05) is 0 Å². The van der Waals surface area contributed by atoms with Gasteiger partial charge in [0, 0.05) is 17.7 Å². The van der Waals surface area contributed by atoms with Crippen LogP contribution < -0.4 is 4.57 Å². The number of carbonyl (C=O) groups excluding carboxylic acids is 1. The lowest BCUT2D eigenvalue weighted by Gasteiger charge is -2.13. The van der Waals surface area contributed by atoms with Gasteiger partial charge in [-0.05, 0) is 18.2 Å². The Labute approximate surface area is 127 Å². The predicted molar refractivity (Wildman–Crippen MR) is 67.4 cm³/mol. The first-order valence-corrected chi connectivity index (χ1v) is 6.34. The first-order valence-electron chi connectivity index (χ1n) is 6.34. The van der Waals surface area contributed by atoms with Crippen LogP contribution in [0.15, 0.2) is 48.8 Å². The number of aromatic nitrogens is 1. The number of nitrogens with zero attached hydrogens (tertiary/aromatic N) is 1. The SMILES string of the molecule is O=C(C[n+]1ccccc1)c1cc(C(F)(F)F)cc(C(F)(F)F)c1. The van der Waals surface area contributed by atoms with Gasteiger partial charge in [-0.25, -0.2) is 0 Å². The molecule has 2 aromatic rings. The maximum absolute atomic E-state index is 12.7. The second-order valence-corrected chi connectivity index (χ2v) is 4.77. The summed E-state index contributed by atoms with van der Waals surface area (Å²) in [6, 6.07) is 5.68. The number of halogens is 6. The van der Waals surface area contributed by atoms with Crippen LogP contribution in [0.4, 0.5) is 26.3 Å². The Hall–Kier alpha value is -2.38. The van der Waals surface area contributed by atoms with Gasteiger partial charge in [0.05, 0.1) is 11.1 Å². The fourth-order valence-electron chi connectivity index (χ4n) is 1.91. The maximum atomic E-state index is 12.7. The van der Waals surface area contributed by atoms with Crippen molar-refractivity contribution in [3.05, 3.63) is 65.5 Å². The first kappa shape index (κ1) is 17.0. The summed E-state index contributed by atoms with van der Waals surface area (Å²) in [6.07, 6.45) is -6.99. The summed E-state index contributed by atoms with van der Waals surface area (Å²) < 4.78 is 77.8. The van der Waals surface area contributed by atoms with E-state index in [-0.39, 0.29) is 12.6 Å². The van der Waals surface area contributed by atoms with Gasteiger partial charge in [0.15, 0.2) is 12.4 Å². The van der Waals surface area contributed by atoms with Crippen molar-refractivity contribution < 1.29 is 35.7 Å². The molecule has 122 valence electrons. The van der Waals surface area contributed by atoms with Crippen LogP contribution in [-0.2, 0) is 18.9 Å². The monoisotopic (exact) mass is 334 g/mol. The standard InChI is InChI=1S/C15H10F6NO/c16-14(17,18)11-6-10(7-12(8-11)15(19,20)21)13(23)9-22-4-2-1-3-5-22/h1-8H,9H2/q+1. The molecule has 1 aromatic heterocycles. The Balaban J connectivity index is 2.43. The van der Waals surface area contributed by atoms with E-state index in [1.807, 2.05) is 0 Å². The third-order valence-corrected chi connectivity index (χ3v) is 3.01. The van der Waals surface area contributed by atoms with Crippen LogP contribution >= 0.6 is 0 Å². The van der Waals surface area contributed by atoms with E-state index in [4.69, 9.17) is 0 Å². The molecule has 0 N–H and O–H groups in total. The molecule has 2 rings (SSSR count). The van der Waals surface area contributed by atoms with E-state index in [1.165, 1.54) is 17.0 Å². The minimum atomic E-state index is -4.98. The van der Waals surface area contributed by atoms with Gasteiger partial charge in [-0.3, -0.25) is 4.79 Å². The fourth-order valence-corrected chi connectivity index (χ4v) is 1.91. The minimum absolute atomic E-state index is 0.00750. The van der Waals surface area contributed by atoms with E-state index in [1.54, 1.807) is 18.2 Å². The molecule has 0 aliphatic rings. The van der Waals surface area contributed by atoms with Gasteiger partial charge in [0.2, 0.25) is 12.3 Å². The van der Waals surface area contributed by atoms with Crippen LogP contribution in [0.25, 0.3) is 0 Å². The van der Waals surface area contributed by atoms with E-state index in [9.17, 15) is 31.1 Å². The molecule has 0 atom stereocenters. The normalized spacial score (nSPS) is 12.3. The van der Waals surface area contributed by atoms with Crippen molar-refractivity contribution in [1.29, 1.82) is 0 Å². The number of pyridine rings is 1. The number of Topliss-reactive ketones (excluding diaryl/α,β-unsaturated/α-hetero) is 1. The lowest BCUT2D eigenvalue weighted by atomic mass is 10.0. The molecule has 0 amide bonds. The zero-order valence-electron chi connectivity index (χ0n) is 11.4. The molecule has 23 heavy (non-hydrogen) atoms. The smallest absolute Gasteiger partial charge is 0.287 e. The molecule has 8 heteroatoms. The molecular formula is C15H10F6NO+. The van der Waals surface area contributed by atoms with Crippen molar-refractivity contribution in [2.45, 2.75) is 18.9 Å². The molecule has 0 aliphatic carbocycles. The molecule has 0 spiro atoms. The molecule has 0 radical (unpaired) electrons. The Morgan fingerprint density at radius 1 is 0.826 bits per heavy atom. The average molecular weight is 334 g/mol. The van der Waals surface area contributed by atoms with Crippen LogP contribution in [0.3, 0.4) is 0 Å². The number of hydrogen-bond donors (Lipinski definition) is 0. The summed E-state index contributed by atoms with van der Waals surface area (Å²) >= 11 is 0. The van der Waals surface area contributed by atoms with E-state index in [0.29, 0.717) is 12.1 Å². The van der Waals surface area contributed by atoms with Crippen molar-refractivity contribution in [2.24, 2.45) is 0 Å². The Morgan fingerprint density at radius 3 is 1.74 bits per heavy atom. The molecule has 0 saturated heterocycles. The van der Waals surface area contributed by atoms with E-state index in [2.05, 4.69) is 0 Å². The number of carbonyl (C=O) groups is 1. The molecule has 1 aromatic carbocycles. The predicted octanol–water partition coefficient (Wildman–Crippen LogP) is 3.89. The summed E-state index contributed by atoms with van der Waals surface area (Å²) in [5.41, 5.74) is -3.65. The third kappa shape index (κ3) is 4.30. The topological polar surface area (TPSA) is 20.9 Å². The van der Waals surface area contributed by atoms with Crippen molar-refractivity contribution in [1.82, 2.24) is 0 Å². The summed E-state index contributed by atoms with van der Waals surface area (Å²) in [4.78, 5) is 12.0. The highest BCUT2D eigenvalue weighted by atomic mass is 19.4. The van der Waals surface area contributed by atoms with Gasteiger partial charge >= 0.3 is 12.4 Å². The van der Waals surface area contributed by atoms with Gasteiger partial charge in [-0.2, -0.15) is 30.9 Å². The molecule has 0 unspecified atom stereocenters. The first-order chi connectivity index (χ1) is 10.6. The van der Waals surface area contributed by atoms with Crippen LogP contribution in [-0.4, -0.2) is 5.78 Å². The zero-order chi connectivity index (χ0) is 17.3. The third-order valence-electron chi connectivity index (χ3n) is 3.01. The number of benzene rings is 1. The number of rotatable bonds is 3. The van der Waals surface area contributed by atoms with Crippen LogP contribution in [0.5, 0.6) is 0 Å². The second-order valence-electron chi connectivity index (χ2n) is 4.77. The highest BCUT2D eigenvalue weighted by Gasteiger charge is 2.37. The minimum Gasteiger partial charge on any atom is -0.287 e. The molecule has 2 nitrogen and oxygen atoms in total. The fraction of sp³-hybridized carbons (Fsp3) is 0.200. The zero-order valence-corrected chi connectivity index (χ0v) is 11.4. The molecule has 0 bridgehead atoms. The van der Waals surface area contributed by atoms with Gasteiger partial charge in [-0.15, -0.1) is 0 Å².